The third kappa shape index (κ3) is 1.88. The molecule has 2 aromatic heterocycles. The molecule has 14 heavy (non-hydrogen) atoms. The van der Waals surface area contributed by atoms with Gasteiger partial charge in [0.25, 0.3) is 0 Å². The van der Waals surface area contributed by atoms with E-state index in [0.717, 1.165) is 23.2 Å². The lowest BCUT2D eigenvalue weighted by Crippen LogP contribution is -1.96. The van der Waals surface area contributed by atoms with Crippen LogP contribution in [0.15, 0.2) is 43.0 Å². The summed E-state index contributed by atoms with van der Waals surface area (Å²) < 4.78 is 0. The SMILES string of the molecule is Nc1ccncc1Cc1cccnc1. The maximum absolute atomic E-state index is 5.81. The fraction of sp³-hybridized carbons (Fsp3) is 0.0909. The minimum absolute atomic E-state index is 0.781. The molecule has 0 aliphatic heterocycles. The van der Waals surface area contributed by atoms with Crippen molar-refractivity contribution >= 4 is 5.69 Å². The molecule has 70 valence electrons. The van der Waals surface area contributed by atoms with Crippen molar-refractivity contribution in [3.8, 4) is 0 Å². The summed E-state index contributed by atoms with van der Waals surface area (Å²) in [5, 5.41) is 0. The van der Waals surface area contributed by atoms with Gasteiger partial charge in [-0.25, -0.2) is 0 Å². The Morgan fingerprint density at radius 1 is 1.07 bits per heavy atom. The molecule has 2 N–H and O–H groups in total. The number of rotatable bonds is 2. The third-order valence-electron chi connectivity index (χ3n) is 2.06. The summed E-state index contributed by atoms with van der Waals surface area (Å²) in [5.74, 6) is 0. The Morgan fingerprint density at radius 3 is 2.64 bits per heavy atom. The second kappa shape index (κ2) is 3.87. The first-order chi connectivity index (χ1) is 6.86. The largest absolute Gasteiger partial charge is 0.398 e. The van der Waals surface area contributed by atoms with Gasteiger partial charge in [-0.15, -0.1) is 0 Å². The van der Waals surface area contributed by atoms with Crippen LogP contribution in [0.2, 0.25) is 0 Å². The Kier molecular flexibility index (Phi) is 2.40. The van der Waals surface area contributed by atoms with Crippen molar-refractivity contribution in [3.63, 3.8) is 0 Å². The summed E-state index contributed by atoms with van der Waals surface area (Å²) in [5.41, 5.74) is 8.78. The van der Waals surface area contributed by atoms with Gasteiger partial charge in [0.05, 0.1) is 0 Å². The standard InChI is InChI=1S/C11H11N3/c12-11-3-5-14-8-10(11)6-9-2-1-4-13-7-9/h1-5,7-8H,6H2,(H2,12,14). The van der Waals surface area contributed by atoms with Gasteiger partial charge in [-0.1, -0.05) is 6.07 Å². The zero-order valence-corrected chi connectivity index (χ0v) is 7.72. The lowest BCUT2D eigenvalue weighted by atomic mass is 10.1. The van der Waals surface area contributed by atoms with Crippen molar-refractivity contribution in [2.24, 2.45) is 0 Å². The molecule has 0 unspecified atom stereocenters. The molecule has 3 nitrogen and oxygen atoms in total. The van der Waals surface area contributed by atoms with Crippen molar-refractivity contribution in [1.82, 2.24) is 9.97 Å². The molecular weight excluding hydrogens is 174 g/mol. The van der Waals surface area contributed by atoms with Crippen molar-refractivity contribution < 1.29 is 0 Å². The van der Waals surface area contributed by atoms with E-state index in [1.165, 1.54) is 0 Å². The molecule has 0 saturated heterocycles. The lowest BCUT2D eigenvalue weighted by molar-refractivity contribution is 1.12. The highest BCUT2D eigenvalue weighted by molar-refractivity contribution is 5.46. The van der Waals surface area contributed by atoms with E-state index in [2.05, 4.69) is 9.97 Å². The van der Waals surface area contributed by atoms with E-state index in [1.807, 2.05) is 24.4 Å². The Labute approximate surface area is 82.6 Å². The van der Waals surface area contributed by atoms with E-state index in [4.69, 9.17) is 5.73 Å². The van der Waals surface area contributed by atoms with Crippen LogP contribution < -0.4 is 5.73 Å². The maximum Gasteiger partial charge on any atom is 0.0380 e. The highest BCUT2D eigenvalue weighted by atomic mass is 14.7. The highest BCUT2D eigenvalue weighted by Gasteiger charge is 1.99. The lowest BCUT2D eigenvalue weighted by Gasteiger charge is -2.03. The van der Waals surface area contributed by atoms with Crippen LogP contribution in [-0.4, -0.2) is 9.97 Å². The molecular formula is C11H11N3. The van der Waals surface area contributed by atoms with Crippen molar-refractivity contribution in [1.29, 1.82) is 0 Å². The number of aromatic nitrogens is 2. The average Bonchev–Trinajstić information content (AvgIpc) is 2.23. The fourth-order valence-corrected chi connectivity index (χ4v) is 1.31. The Hall–Kier alpha value is -1.90. The molecule has 0 bridgehead atoms. The number of hydrogen-bond donors (Lipinski definition) is 1. The van der Waals surface area contributed by atoms with Gasteiger partial charge in [-0.2, -0.15) is 0 Å². The first-order valence-electron chi connectivity index (χ1n) is 4.43. The monoisotopic (exact) mass is 185 g/mol. The van der Waals surface area contributed by atoms with Crippen LogP contribution in [0, 0.1) is 0 Å². The van der Waals surface area contributed by atoms with Gasteiger partial charge in [0.1, 0.15) is 0 Å². The number of nitrogens with zero attached hydrogens (tertiary/aromatic N) is 2. The molecule has 0 radical (unpaired) electrons. The van der Waals surface area contributed by atoms with Gasteiger partial charge >= 0.3 is 0 Å². The van der Waals surface area contributed by atoms with Gasteiger partial charge in [-0.05, 0) is 23.3 Å². The number of nitrogen functional groups attached to an aromatic ring is 1. The minimum atomic E-state index is 0.781. The van der Waals surface area contributed by atoms with Crippen LogP contribution in [0.1, 0.15) is 11.1 Å². The van der Waals surface area contributed by atoms with E-state index in [1.54, 1.807) is 18.6 Å². The molecule has 0 aromatic carbocycles. The van der Waals surface area contributed by atoms with E-state index in [9.17, 15) is 0 Å². The number of pyridine rings is 2. The minimum Gasteiger partial charge on any atom is -0.398 e. The molecule has 3 heteroatoms. The van der Waals surface area contributed by atoms with Crippen LogP contribution in [0.4, 0.5) is 5.69 Å². The zero-order valence-electron chi connectivity index (χ0n) is 7.72. The molecule has 0 amide bonds. The molecule has 2 heterocycles. The van der Waals surface area contributed by atoms with Crippen LogP contribution in [0.5, 0.6) is 0 Å². The van der Waals surface area contributed by atoms with E-state index in [-0.39, 0.29) is 0 Å². The Bertz CT molecular complexity index is 412. The predicted octanol–water partition coefficient (Wildman–Crippen LogP) is 1.65. The molecule has 0 spiro atoms. The fourth-order valence-electron chi connectivity index (χ4n) is 1.31. The van der Waals surface area contributed by atoms with Crippen LogP contribution >= 0.6 is 0 Å². The summed E-state index contributed by atoms with van der Waals surface area (Å²) in [6, 6.07) is 5.76. The maximum atomic E-state index is 5.81. The molecule has 0 fully saturated rings. The van der Waals surface area contributed by atoms with Crippen molar-refractivity contribution in [2.75, 3.05) is 5.73 Å². The van der Waals surface area contributed by atoms with Gasteiger partial charge in [0.2, 0.25) is 0 Å². The summed E-state index contributed by atoms with van der Waals surface area (Å²) >= 11 is 0. The van der Waals surface area contributed by atoms with Gasteiger partial charge in [-0.3, -0.25) is 9.97 Å². The Morgan fingerprint density at radius 2 is 1.93 bits per heavy atom. The van der Waals surface area contributed by atoms with Crippen molar-refractivity contribution in [3.05, 3.63) is 54.1 Å². The van der Waals surface area contributed by atoms with E-state index >= 15 is 0 Å². The smallest absolute Gasteiger partial charge is 0.0380 e. The molecule has 2 rings (SSSR count). The van der Waals surface area contributed by atoms with E-state index in [0.29, 0.717) is 0 Å². The van der Waals surface area contributed by atoms with E-state index < -0.39 is 0 Å². The Balaban J connectivity index is 2.24. The highest BCUT2D eigenvalue weighted by Crippen LogP contribution is 2.13. The molecule has 0 saturated carbocycles. The second-order valence-electron chi connectivity index (χ2n) is 3.11. The third-order valence-corrected chi connectivity index (χ3v) is 2.06. The average molecular weight is 185 g/mol. The van der Waals surface area contributed by atoms with Crippen LogP contribution in [-0.2, 0) is 6.42 Å². The number of hydrogen-bond acceptors (Lipinski definition) is 3. The zero-order chi connectivity index (χ0) is 9.80. The van der Waals surface area contributed by atoms with Crippen molar-refractivity contribution in [2.45, 2.75) is 6.42 Å². The summed E-state index contributed by atoms with van der Waals surface area (Å²) in [6.45, 7) is 0. The second-order valence-corrected chi connectivity index (χ2v) is 3.11. The van der Waals surface area contributed by atoms with Gasteiger partial charge < -0.3 is 5.73 Å². The topological polar surface area (TPSA) is 51.8 Å². The van der Waals surface area contributed by atoms with Gasteiger partial charge in [0, 0.05) is 36.9 Å². The normalized spacial score (nSPS) is 10.0. The summed E-state index contributed by atoms with van der Waals surface area (Å²) in [4.78, 5) is 8.09. The first-order valence-corrected chi connectivity index (χ1v) is 4.43. The number of anilines is 1. The summed E-state index contributed by atoms with van der Waals surface area (Å²) in [7, 11) is 0. The molecule has 0 atom stereocenters. The predicted molar refractivity (Wildman–Crippen MR) is 55.7 cm³/mol. The van der Waals surface area contributed by atoms with Crippen LogP contribution in [0.3, 0.4) is 0 Å². The number of nitrogens with two attached hydrogens (primary N) is 1. The summed E-state index contributed by atoms with van der Waals surface area (Å²) in [6.07, 6.45) is 7.88. The molecule has 0 aliphatic carbocycles. The molecule has 2 aromatic rings. The van der Waals surface area contributed by atoms with Crippen LogP contribution in [0.25, 0.3) is 0 Å². The quantitative estimate of drug-likeness (QED) is 0.774. The van der Waals surface area contributed by atoms with Gasteiger partial charge in [0.15, 0.2) is 0 Å². The molecule has 0 aliphatic rings. The first kappa shape index (κ1) is 8.69.